The number of carbonyl (C=O) groups is 1. The molecule has 2 saturated heterocycles. The van der Waals surface area contributed by atoms with Gasteiger partial charge in [0.1, 0.15) is 32.7 Å². The number of hydrogen-bond donors (Lipinski definition) is 2. The number of nitrogens with one attached hydrogen (secondary N) is 2. The zero-order valence-electron chi connectivity index (χ0n) is 19.7. The van der Waals surface area contributed by atoms with Gasteiger partial charge in [-0.2, -0.15) is 0 Å². The smallest absolute Gasteiger partial charge is 0.278 e. The lowest BCUT2D eigenvalue weighted by molar-refractivity contribution is -1.02. The summed E-state index contributed by atoms with van der Waals surface area (Å²) in [4.78, 5) is 18.5. The molecule has 2 heterocycles. The lowest BCUT2D eigenvalue weighted by atomic mass is 9.78. The molecule has 0 radical (unpaired) electrons. The Morgan fingerprint density at radius 2 is 1.61 bits per heavy atom. The van der Waals surface area contributed by atoms with Gasteiger partial charge in [-0.15, -0.1) is 0 Å². The van der Waals surface area contributed by atoms with E-state index in [1.807, 2.05) is 0 Å². The van der Waals surface area contributed by atoms with Gasteiger partial charge in [-0.3, -0.25) is 4.79 Å². The number of likely N-dealkylation sites (tertiary alicyclic amines) is 1. The molecule has 4 rings (SSSR count). The second-order valence-corrected chi connectivity index (χ2v) is 9.83. The van der Waals surface area contributed by atoms with E-state index in [1.165, 1.54) is 54.6 Å². The summed E-state index contributed by atoms with van der Waals surface area (Å²) in [6.45, 7) is 9.21. The van der Waals surface area contributed by atoms with Crippen molar-refractivity contribution >= 4 is 5.91 Å². The van der Waals surface area contributed by atoms with Gasteiger partial charge >= 0.3 is 0 Å². The van der Waals surface area contributed by atoms with Crippen molar-refractivity contribution in [2.75, 3.05) is 53.5 Å². The van der Waals surface area contributed by atoms with Gasteiger partial charge in [-0.25, -0.2) is 0 Å². The van der Waals surface area contributed by atoms with Crippen LogP contribution < -0.4 is 19.3 Å². The second kappa shape index (κ2) is 10.2. The van der Waals surface area contributed by atoms with Crippen LogP contribution in [0.1, 0.15) is 49.7 Å². The maximum atomic E-state index is 13.1. The molecule has 2 aliphatic heterocycles. The van der Waals surface area contributed by atoms with E-state index in [4.69, 9.17) is 9.47 Å². The topological polar surface area (TPSA) is 47.7 Å². The van der Waals surface area contributed by atoms with E-state index < -0.39 is 0 Å². The minimum atomic E-state index is 0.408. The van der Waals surface area contributed by atoms with Crippen LogP contribution in [0.15, 0.2) is 12.1 Å². The molecule has 1 aromatic rings. The number of piperazine rings is 1. The molecule has 0 bridgehead atoms. The van der Waals surface area contributed by atoms with Gasteiger partial charge in [0.05, 0.1) is 14.2 Å². The molecular formula is C25H41N3O3+2. The fourth-order valence-corrected chi connectivity index (χ4v) is 6.04. The number of quaternary nitrogens is 2. The lowest BCUT2D eigenvalue weighted by Crippen LogP contribution is -3.28. The van der Waals surface area contributed by atoms with Crippen LogP contribution in [0.5, 0.6) is 11.5 Å². The first kappa shape index (κ1) is 22.4. The number of amides is 1. The van der Waals surface area contributed by atoms with Crippen LogP contribution in [0, 0.1) is 12.8 Å². The molecule has 6 nitrogen and oxygen atoms in total. The molecule has 3 aliphatic rings. The van der Waals surface area contributed by atoms with Gasteiger partial charge in [0.25, 0.3) is 5.91 Å². The average molecular weight is 432 g/mol. The van der Waals surface area contributed by atoms with Gasteiger partial charge in [0, 0.05) is 18.2 Å². The zero-order valence-corrected chi connectivity index (χ0v) is 19.7. The highest BCUT2D eigenvalue weighted by Crippen LogP contribution is 2.35. The van der Waals surface area contributed by atoms with E-state index in [0.717, 1.165) is 56.7 Å². The molecule has 172 valence electrons. The Hall–Kier alpha value is -1.79. The fraction of sp³-hybridized carbons (Fsp3) is 0.720. The van der Waals surface area contributed by atoms with Crippen LogP contribution in [0.3, 0.4) is 0 Å². The van der Waals surface area contributed by atoms with Gasteiger partial charge in [-0.1, -0.05) is 12.8 Å². The second-order valence-electron chi connectivity index (χ2n) is 9.83. The average Bonchev–Trinajstić information content (AvgIpc) is 2.80. The summed E-state index contributed by atoms with van der Waals surface area (Å²) in [5.74, 6) is 2.78. The summed E-state index contributed by atoms with van der Waals surface area (Å²) < 4.78 is 10.9. The SMILES string of the molecule is COc1cc(C)c(C[NH+]2CC[NH+](CC(=O)N3CCC[C@H]4CCCC[C@H]43)CC2)cc1OC. The van der Waals surface area contributed by atoms with Gasteiger partial charge < -0.3 is 24.2 Å². The number of methoxy groups -OCH3 is 2. The molecule has 1 aliphatic carbocycles. The molecule has 3 fully saturated rings. The Labute approximate surface area is 187 Å². The van der Waals surface area contributed by atoms with Crippen molar-refractivity contribution in [3.05, 3.63) is 23.3 Å². The van der Waals surface area contributed by atoms with E-state index in [-0.39, 0.29) is 0 Å². The number of aryl methyl sites for hydroxylation is 1. The zero-order chi connectivity index (χ0) is 21.8. The summed E-state index contributed by atoms with van der Waals surface area (Å²) >= 11 is 0. The number of nitrogens with zero attached hydrogens (tertiary/aromatic N) is 1. The Bertz CT molecular complexity index is 759. The number of hydrogen-bond acceptors (Lipinski definition) is 3. The molecule has 2 N–H and O–H groups in total. The summed E-state index contributed by atoms with van der Waals surface area (Å²) in [6.07, 6.45) is 7.76. The third kappa shape index (κ3) is 5.17. The Kier molecular flexibility index (Phi) is 7.39. The Balaban J connectivity index is 1.28. The van der Waals surface area contributed by atoms with Crippen LogP contribution in [0.4, 0.5) is 0 Å². The predicted octanol–water partition coefficient (Wildman–Crippen LogP) is 0.477. The molecule has 1 amide bonds. The molecule has 1 aromatic carbocycles. The van der Waals surface area contributed by atoms with Gasteiger partial charge in [0.2, 0.25) is 0 Å². The highest BCUT2D eigenvalue weighted by molar-refractivity contribution is 5.77. The molecule has 0 unspecified atom stereocenters. The van der Waals surface area contributed by atoms with Crippen molar-refractivity contribution in [1.29, 1.82) is 0 Å². The largest absolute Gasteiger partial charge is 0.493 e. The quantitative estimate of drug-likeness (QED) is 0.689. The minimum absolute atomic E-state index is 0.408. The molecule has 2 atom stereocenters. The molecule has 6 heteroatoms. The van der Waals surface area contributed by atoms with E-state index in [2.05, 4.69) is 24.0 Å². The molecule has 0 aromatic heterocycles. The summed E-state index contributed by atoms with van der Waals surface area (Å²) in [7, 11) is 3.38. The molecule has 0 spiro atoms. The van der Waals surface area contributed by atoms with Crippen molar-refractivity contribution in [2.45, 2.75) is 58.0 Å². The third-order valence-corrected chi connectivity index (χ3v) is 7.91. The lowest BCUT2D eigenvalue weighted by Gasteiger charge is -2.44. The normalized spacial score (nSPS) is 28.7. The van der Waals surface area contributed by atoms with Gasteiger partial charge in [-0.05, 0) is 56.2 Å². The highest BCUT2D eigenvalue weighted by atomic mass is 16.5. The molecule has 31 heavy (non-hydrogen) atoms. The maximum absolute atomic E-state index is 13.1. The van der Waals surface area contributed by atoms with Crippen LogP contribution in [-0.2, 0) is 11.3 Å². The molecule has 1 saturated carbocycles. The number of carbonyl (C=O) groups excluding carboxylic acids is 1. The maximum Gasteiger partial charge on any atom is 0.278 e. The van der Waals surface area contributed by atoms with Crippen LogP contribution in [0.25, 0.3) is 0 Å². The summed E-state index contributed by atoms with van der Waals surface area (Å²) in [6, 6.07) is 4.74. The van der Waals surface area contributed by atoms with Crippen LogP contribution in [-0.4, -0.2) is 70.3 Å². The fourth-order valence-electron chi connectivity index (χ4n) is 6.04. The van der Waals surface area contributed by atoms with E-state index in [9.17, 15) is 4.79 Å². The Morgan fingerprint density at radius 1 is 0.968 bits per heavy atom. The van der Waals surface area contributed by atoms with E-state index >= 15 is 0 Å². The summed E-state index contributed by atoms with van der Waals surface area (Å²) in [5.41, 5.74) is 2.58. The molecular weight excluding hydrogens is 390 g/mol. The first-order valence-corrected chi connectivity index (χ1v) is 12.3. The number of rotatable bonds is 6. The predicted molar refractivity (Wildman–Crippen MR) is 121 cm³/mol. The minimum Gasteiger partial charge on any atom is -0.493 e. The standard InChI is InChI=1S/C25H39N3O3/c1-19-15-23(30-2)24(31-3)16-21(19)17-26-11-13-27(14-12-26)18-25(29)28-10-6-8-20-7-4-5-9-22(20)28/h15-16,20,22H,4-14,17-18H2,1-3H3/p+2/t20-,22-/m1/s1. The van der Waals surface area contributed by atoms with Crippen molar-refractivity contribution < 1.29 is 24.1 Å². The highest BCUT2D eigenvalue weighted by Gasteiger charge is 2.37. The summed E-state index contributed by atoms with van der Waals surface area (Å²) in [5, 5.41) is 0. The number of benzene rings is 1. The van der Waals surface area contributed by atoms with Crippen molar-refractivity contribution in [3.8, 4) is 11.5 Å². The third-order valence-electron chi connectivity index (χ3n) is 7.91. The van der Waals surface area contributed by atoms with E-state index in [1.54, 1.807) is 19.1 Å². The number of ether oxygens (including phenoxy) is 2. The first-order valence-electron chi connectivity index (χ1n) is 12.3. The van der Waals surface area contributed by atoms with Crippen LogP contribution in [0.2, 0.25) is 0 Å². The van der Waals surface area contributed by atoms with Gasteiger partial charge in [0.15, 0.2) is 18.0 Å². The van der Waals surface area contributed by atoms with Crippen LogP contribution >= 0.6 is 0 Å². The number of fused-ring (bicyclic) bond motifs is 1. The van der Waals surface area contributed by atoms with Crippen molar-refractivity contribution in [1.82, 2.24) is 4.90 Å². The monoisotopic (exact) mass is 431 g/mol. The first-order chi connectivity index (χ1) is 15.1. The van der Waals surface area contributed by atoms with Crippen molar-refractivity contribution in [2.24, 2.45) is 5.92 Å². The van der Waals surface area contributed by atoms with Crippen molar-refractivity contribution in [3.63, 3.8) is 0 Å². The van der Waals surface area contributed by atoms with E-state index in [0.29, 0.717) is 18.5 Å². The number of piperidine rings is 1. The Morgan fingerprint density at radius 3 is 2.35 bits per heavy atom.